The maximum absolute atomic E-state index is 11.2. The van der Waals surface area contributed by atoms with E-state index in [2.05, 4.69) is 26.8 Å². The highest BCUT2D eigenvalue weighted by Gasteiger charge is 2.52. The van der Waals surface area contributed by atoms with Gasteiger partial charge in [-0.25, -0.2) is 0 Å². The summed E-state index contributed by atoms with van der Waals surface area (Å²) in [6.07, 6.45) is 9.13. The molecule has 0 aromatic rings. The van der Waals surface area contributed by atoms with Gasteiger partial charge in [-0.15, -0.1) is 0 Å². The third-order valence-corrected chi connectivity index (χ3v) is 5.53. The fraction of sp³-hybridized carbons (Fsp3) is 0.750. The van der Waals surface area contributed by atoms with Gasteiger partial charge in [0.05, 0.1) is 0 Å². The van der Waals surface area contributed by atoms with E-state index in [0.717, 1.165) is 31.0 Å². The Bertz CT molecular complexity index is 381. The van der Waals surface area contributed by atoms with Gasteiger partial charge < -0.3 is 4.79 Å². The Morgan fingerprint density at radius 3 is 2.61 bits per heavy atom. The van der Waals surface area contributed by atoms with Crippen LogP contribution in [0.1, 0.15) is 52.9 Å². The van der Waals surface area contributed by atoms with E-state index in [1.165, 1.54) is 12.8 Å². The first kappa shape index (κ1) is 13.5. The molecule has 0 aromatic heterocycles. The Kier molecular flexibility index (Phi) is 3.48. The van der Waals surface area contributed by atoms with E-state index >= 15 is 0 Å². The highest BCUT2D eigenvalue weighted by atomic mass is 16.1. The minimum atomic E-state index is 0.119. The second-order valence-corrected chi connectivity index (χ2v) is 6.91. The van der Waals surface area contributed by atoms with E-state index in [9.17, 15) is 9.59 Å². The molecule has 0 N–H and O–H groups in total. The zero-order chi connectivity index (χ0) is 13.4. The Hall–Kier alpha value is -0.920. The molecule has 0 bridgehead atoms. The number of carbonyl (C=O) groups is 2. The third-order valence-electron chi connectivity index (χ3n) is 5.53. The lowest BCUT2D eigenvalue weighted by molar-refractivity contribution is -0.113. The van der Waals surface area contributed by atoms with Crippen LogP contribution in [0.4, 0.5) is 0 Å². The van der Waals surface area contributed by atoms with E-state index in [-0.39, 0.29) is 11.3 Å². The summed E-state index contributed by atoms with van der Waals surface area (Å²) in [5.41, 5.74) is 1.30. The molecule has 2 rings (SSSR count). The zero-order valence-corrected chi connectivity index (χ0v) is 11.7. The van der Waals surface area contributed by atoms with Crippen LogP contribution in [0, 0.1) is 22.7 Å². The largest absolute Gasteiger partial charge is 0.303 e. The maximum Gasteiger partial charge on any atom is 0.146 e. The van der Waals surface area contributed by atoms with E-state index in [1.54, 1.807) is 0 Å². The maximum atomic E-state index is 11.2. The van der Waals surface area contributed by atoms with Crippen molar-refractivity contribution in [2.45, 2.75) is 52.9 Å². The number of allylic oxidation sites excluding steroid dienone is 2. The van der Waals surface area contributed by atoms with Gasteiger partial charge >= 0.3 is 0 Å². The Labute approximate surface area is 110 Å². The molecule has 2 heteroatoms. The molecule has 1 saturated carbocycles. The molecule has 0 amide bonds. The summed E-state index contributed by atoms with van der Waals surface area (Å²) in [4.78, 5) is 22.2. The number of carbonyl (C=O) groups excluding carboxylic acids is 2. The molecule has 0 saturated heterocycles. The smallest absolute Gasteiger partial charge is 0.146 e. The van der Waals surface area contributed by atoms with Gasteiger partial charge in [0.1, 0.15) is 12.6 Å². The third kappa shape index (κ3) is 1.96. The standard InChI is InChI=1S/C16H24O2/c1-15(2)8-4-9-16(3)13(7-10-17)12(11-18)5-6-14(15)16/h5,10-11,13-14H,4,6-9H2,1-3H3/t13-,14?,16+/m0/s1. The number of fused-ring (bicyclic) bond motifs is 1. The molecular formula is C16H24O2. The Balaban J connectivity index is 2.42. The molecule has 1 fully saturated rings. The molecule has 2 nitrogen and oxygen atoms in total. The summed E-state index contributed by atoms with van der Waals surface area (Å²) in [6.45, 7) is 6.98. The SMILES string of the molecule is CC1(C)CCC[C@@]2(C)C1CC=C(C=O)[C@@H]2CC=O. The van der Waals surface area contributed by atoms with Crippen LogP contribution in [0.3, 0.4) is 0 Å². The van der Waals surface area contributed by atoms with Crippen molar-refractivity contribution in [2.24, 2.45) is 22.7 Å². The molecule has 0 spiro atoms. The first-order valence-corrected chi connectivity index (χ1v) is 7.04. The fourth-order valence-electron chi connectivity index (χ4n) is 4.58. The molecule has 100 valence electrons. The van der Waals surface area contributed by atoms with E-state index in [0.29, 0.717) is 17.8 Å². The van der Waals surface area contributed by atoms with E-state index in [4.69, 9.17) is 0 Å². The van der Waals surface area contributed by atoms with Crippen LogP contribution in [0.25, 0.3) is 0 Å². The summed E-state index contributed by atoms with van der Waals surface area (Å²) in [5.74, 6) is 0.721. The van der Waals surface area contributed by atoms with Gasteiger partial charge in [0.15, 0.2) is 0 Å². The zero-order valence-electron chi connectivity index (χ0n) is 11.7. The van der Waals surface area contributed by atoms with Crippen molar-refractivity contribution >= 4 is 12.6 Å². The van der Waals surface area contributed by atoms with Crippen LogP contribution >= 0.6 is 0 Å². The van der Waals surface area contributed by atoms with Crippen molar-refractivity contribution in [1.82, 2.24) is 0 Å². The predicted molar refractivity (Wildman–Crippen MR) is 72.2 cm³/mol. The lowest BCUT2D eigenvalue weighted by atomic mass is 9.48. The van der Waals surface area contributed by atoms with Crippen molar-refractivity contribution in [3.8, 4) is 0 Å². The summed E-state index contributed by atoms with van der Waals surface area (Å²) in [7, 11) is 0. The number of aldehydes is 2. The van der Waals surface area contributed by atoms with Gasteiger partial charge in [-0.3, -0.25) is 4.79 Å². The van der Waals surface area contributed by atoms with Gasteiger partial charge in [-0.2, -0.15) is 0 Å². The molecule has 18 heavy (non-hydrogen) atoms. The van der Waals surface area contributed by atoms with E-state index in [1.807, 2.05) is 0 Å². The molecular weight excluding hydrogens is 224 g/mol. The monoisotopic (exact) mass is 248 g/mol. The lowest BCUT2D eigenvalue weighted by Gasteiger charge is -2.56. The van der Waals surface area contributed by atoms with Crippen LogP contribution in [0.5, 0.6) is 0 Å². The van der Waals surface area contributed by atoms with Crippen LogP contribution in [-0.4, -0.2) is 12.6 Å². The number of hydrogen-bond acceptors (Lipinski definition) is 2. The highest BCUT2D eigenvalue weighted by molar-refractivity contribution is 5.76. The first-order chi connectivity index (χ1) is 8.45. The summed E-state index contributed by atoms with van der Waals surface area (Å²) < 4.78 is 0. The second-order valence-electron chi connectivity index (χ2n) is 6.91. The van der Waals surface area contributed by atoms with Gasteiger partial charge in [-0.1, -0.05) is 33.3 Å². The average Bonchev–Trinajstić information content (AvgIpc) is 2.30. The quantitative estimate of drug-likeness (QED) is 0.716. The van der Waals surface area contributed by atoms with Gasteiger partial charge in [0.2, 0.25) is 0 Å². The van der Waals surface area contributed by atoms with Crippen LogP contribution in [0.2, 0.25) is 0 Å². The van der Waals surface area contributed by atoms with Crippen molar-refractivity contribution in [3.63, 3.8) is 0 Å². The van der Waals surface area contributed by atoms with Gasteiger partial charge in [-0.05, 0) is 47.5 Å². The van der Waals surface area contributed by atoms with Gasteiger partial charge in [0.25, 0.3) is 0 Å². The van der Waals surface area contributed by atoms with E-state index < -0.39 is 0 Å². The average molecular weight is 248 g/mol. The normalized spacial score (nSPS) is 38.5. The summed E-state index contributed by atoms with van der Waals surface area (Å²) in [6, 6.07) is 0. The molecule has 0 heterocycles. The van der Waals surface area contributed by atoms with Crippen molar-refractivity contribution in [1.29, 1.82) is 0 Å². The highest BCUT2D eigenvalue weighted by Crippen LogP contribution is 2.59. The summed E-state index contributed by atoms with van der Waals surface area (Å²) >= 11 is 0. The van der Waals surface area contributed by atoms with Crippen LogP contribution < -0.4 is 0 Å². The number of rotatable bonds is 3. The van der Waals surface area contributed by atoms with Crippen molar-refractivity contribution in [2.75, 3.05) is 0 Å². The minimum absolute atomic E-state index is 0.119. The predicted octanol–water partition coefficient (Wildman–Crippen LogP) is 3.55. The molecule has 0 aliphatic heterocycles. The molecule has 2 aliphatic carbocycles. The first-order valence-electron chi connectivity index (χ1n) is 7.04. The van der Waals surface area contributed by atoms with Crippen LogP contribution in [-0.2, 0) is 9.59 Å². The lowest BCUT2D eigenvalue weighted by Crippen LogP contribution is -2.49. The second kappa shape index (κ2) is 4.64. The Morgan fingerprint density at radius 1 is 1.28 bits per heavy atom. The van der Waals surface area contributed by atoms with Crippen molar-refractivity contribution in [3.05, 3.63) is 11.6 Å². The Morgan fingerprint density at radius 2 is 2.00 bits per heavy atom. The number of hydrogen-bond donors (Lipinski definition) is 0. The van der Waals surface area contributed by atoms with Gasteiger partial charge in [0, 0.05) is 6.42 Å². The molecule has 3 atom stereocenters. The van der Waals surface area contributed by atoms with Crippen LogP contribution in [0.15, 0.2) is 11.6 Å². The minimum Gasteiger partial charge on any atom is -0.303 e. The fourth-order valence-corrected chi connectivity index (χ4v) is 4.58. The summed E-state index contributed by atoms with van der Waals surface area (Å²) in [5, 5.41) is 0. The molecule has 0 aromatic carbocycles. The molecule has 0 radical (unpaired) electrons. The van der Waals surface area contributed by atoms with Crippen molar-refractivity contribution < 1.29 is 9.59 Å². The molecule has 2 aliphatic rings. The topological polar surface area (TPSA) is 34.1 Å². The molecule has 1 unspecified atom stereocenters.